The van der Waals surface area contributed by atoms with Crippen molar-refractivity contribution in [3.8, 4) is 0 Å². The highest BCUT2D eigenvalue weighted by atomic mass is 32.2. The molecule has 1 aromatic heterocycles. The van der Waals surface area contributed by atoms with Gasteiger partial charge in [-0.05, 0) is 25.3 Å². The molecule has 1 aromatic carbocycles. The summed E-state index contributed by atoms with van der Waals surface area (Å²) in [4.78, 5) is 15.0. The normalized spacial score (nSPS) is 18.9. The maximum atomic E-state index is 14.0. The summed E-state index contributed by atoms with van der Waals surface area (Å²) < 4.78 is 29.3. The van der Waals surface area contributed by atoms with E-state index in [1.165, 1.54) is 6.07 Å². The highest BCUT2D eigenvalue weighted by molar-refractivity contribution is 7.99. The van der Waals surface area contributed by atoms with E-state index in [0.29, 0.717) is 24.2 Å². The van der Waals surface area contributed by atoms with Crippen LogP contribution in [0.3, 0.4) is 0 Å². The molecule has 0 bridgehead atoms. The molecule has 1 atom stereocenters. The lowest BCUT2D eigenvalue weighted by molar-refractivity contribution is 0.0764. The van der Waals surface area contributed by atoms with E-state index in [1.54, 1.807) is 12.1 Å². The van der Waals surface area contributed by atoms with Crippen molar-refractivity contribution >= 4 is 17.7 Å². The maximum absolute atomic E-state index is 14.0. The smallest absolute Gasteiger partial charge is 0.274 e. The molecular weight excluding hydrogens is 406 g/mol. The third kappa shape index (κ3) is 4.30. The Bertz CT molecular complexity index is 939. The van der Waals surface area contributed by atoms with Crippen molar-refractivity contribution in [2.24, 2.45) is 0 Å². The van der Waals surface area contributed by atoms with Crippen molar-refractivity contribution in [1.82, 2.24) is 20.0 Å². The van der Waals surface area contributed by atoms with Crippen LogP contribution in [0.1, 0.15) is 33.7 Å². The number of rotatable bonds is 6. The van der Waals surface area contributed by atoms with Gasteiger partial charge in [0, 0.05) is 54.0 Å². The molecule has 2 aliphatic rings. The average molecular weight is 433 g/mol. The summed E-state index contributed by atoms with van der Waals surface area (Å²) in [6.07, 6.45) is 4.06. The highest BCUT2D eigenvalue weighted by Crippen LogP contribution is 2.27. The molecule has 0 spiro atoms. The van der Waals surface area contributed by atoms with Crippen LogP contribution in [0.15, 0.2) is 30.9 Å². The third-order valence-corrected chi connectivity index (χ3v) is 6.70. The molecule has 1 aliphatic carbocycles. The van der Waals surface area contributed by atoms with Gasteiger partial charge in [0.25, 0.3) is 5.91 Å². The summed E-state index contributed by atoms with van der Waals surface area (Å²) in [5.41, 5.74) is 2.90. The van der Waals surface area contributed by atoms with Crippen LogP contribution < -0.4 is 5.32 Å². The first kappa shape index (κ1) is 21.1. The van der Waals surface area contributed by atoms with E-state index in [-0.39, 0.29) is 18.5 Å². The van der Waals surface area contributed by atoms with Gasteiger partial charge >= 0.3 is 0 Å². The lowest BCUT2D eigenvalue weighted by Gasteiger charge is -2.27. The molecule has 30 heavy (non-hydrogen) atoms. The predicted molar refractivity (Wildman–Crippen MR) is 115 cm³/mol. The zero-order chi connectivity index (χ0) is 21.1. The Morgan fingerprint density at radius 1 is 1.33 bits per heavy atom. The molecule has 1 saturated heterocycles. The molecule has 0 saturated carbocycles. The number of allylic oxidation sites excluding steroid dienone is 1. The van der Waals surface area contributed by atoms with E-state index < -0.39 is 11.6 Å². The van der Waals surface area contributed by atoms with Crippen LogP contribution in [-0.2, 0) is 25.9 Å². The number of thioether (sulfide) groups is 1. The molecule has 0 unspecified atom stereocenters. The molecule has 160 valence electrons. The van der Waals surface area contributed by atoms with E-state index in [2.05, 4.69) is 17.0 Å². The van der Waals surface area contributed by atoms with Crippen LogP contribution in [0.4, 0.5) is 8.78 Å². The monoisotopic (exact) mass is 432 g/mol. The summed E-state index contributed by atoms with van der Waals surface area (Å²) in [6.45, 7) is 6.11. The first-order chi connectivity index (χ1) is 14.6. The highest BCUT2D eigenvalue weighted by Gasteiger charge is 2.31. The summed E-state index contributed by atoms with van der Waals surface area (Å²) in [5, 5.41) is 7.99. The van der Waals surface area contributed by atoms with Crippen molar-refractivity contribution in [1.29, 1.82) is 0 Å². The van der Waals surface area contributed by atoms with Gasteiger partial charge in [-0.15, -0.1) is 6.58 Å². The Kier molecular flexibility index (Phi) is 6.53. The number of benzene rings is 1. The molecule has 1 N–H and O–H groups in total. The second-order valence-corrected chi connectivity index (χ2v) is 8.91. The van der Waals surface area contributed by atoms with Gasteiger partial charge in [0.2, 0.25) is 0 Å². The van der Waals surface area contributed by atoms with Gasteiger partial charge in [0.15, 0.2) is 17.3 Å². The second kappa shape index (κ2) is 9.31. The van der Waals surface area contributed by atoms with Crippen molar-refractivity contribution in [2.75, 3.05) is 24.6 Å². The van der Waals surface area contributed by atoms with Gasteiger partial charge in [0.1, 0.15) is 0 Å². The number of carbonyl (C=O) groups is 1. The van der Waals surface area contributed by atoms with E-state index in [1.807, 2.05) is 21.3 Å². The molecule has 2 aromatic rings. The number of hydrogen-bond acceptors (Lipinski definition) is 4. The average Bonchev–Trinajstić information content (AvgIpc) is 3.13. The maximum Gasteiger partial charge on any atom is 0.274 e. The predicted octanol–water partition coefficient (Wildman–Crippen LogP) is 3.18. The van der Waals surface area contributed by atoms with Gasteiger partial charge in [-0.3, -0.25) is 9.48 Å². The number of hydrogen-bond donors (Lipinski definition) is 1. The summed E-state index contributed by atoms with van der Waals surface area (Å²) >= 11 is 1.86. The van der Waals surface area contributed by atoms with Crippen LogP contribution in [0, 0.1) is 11.6 Å². The number of carbonyl (C=O) groups excluding carboxylic acids is 1. The van der Waals surface area contributed by atoms with Crippen molar-refractivity contribution in [2.45, 2.75) is 38.4 Å². The third-order valence-electron chi connectivity index (χ3n) is 5.76. The molecule has 0 radical (unpaired) electrons. The molecule has 4 rings (SSSR count). The number of halogens is 2. The fourth-order valence-electron chi connectivity index (χ4n) is 4.16. The van der Waals surface area contributed by atoms with Crippen molar-refractivity contribution < 1.29 is 13.6 Å². The topological polar surface area (TPSA) is 50.2 Å². The minimum absolute atomic E-state index is 0.00816. The van der Waals surface area contributed by atoms with Crippen LogP contribution in [0.25, 0.3) is 0 Å². The van der Waals surface area contributed by atoms with Crippen LogP contribution in [0.2, 0.25) is 0 Å². The van der Waals surface area contributed by atoms with Gasteiger partial charge in [-0.1, -0.05) is 18.2 Å². The quantitative estimate of drug-likeness (QED) is 0.713. The number of aromatic nitrogens is 2. The molecule has 1 aliphatic heterocycles. The summed E-state index contributed by atoms with van der Waals surface area (Å²) in [5.74, 6) is 0.249. The van der Waals surface area contributed by atoms with Gasteiger partial charge < -0.3 is 10.2 Å². The standard InChI is InChI=1S/C22H26F2N4OS/c1-2-8-28-19-7-6-16(25-14-15-4-3-5-18(23)20(15)24)13-17(19)21(26-28)22(29)27-9-11-30-12-10-27/h2-5,16,25H,1,6-14H2/t16-/m1/s1. The Morgan fingerprint density at radius 3 is 2.90 bits per heavy atom. The fraction of sp³-hybridized carbons (Fsp3) is 0.455. The first-order valence-electron chi connectivity index (χ1n) is 10.3. The molecular formula is C22H26F2N4OS. The number of nitrogens with one attached hydrogen (secondary N) is 1. The van der Waals surface area contributed by atoms with Gasteiger partial charge in [-0.25, -0.2) is 8.78 Å². The van der Waals surface area contributed by atoms with E-state index in [9.17, 15) is 13.6 Å². The number of fused-ring (bicyclic) bond motifs is 1. The van der Waals surface area contributed by atoms with E-state index >= 15 is 0 Å². The Morgan fingerprint density at radius 2 is 2.13 bits per heavy atom. The second-order valence-electron chi connectivity index (χ2n) is 7.68. The number of amides is 1. The van der Waals surface area contributed by atoms with Crippen molar-refractivity contribution in [3.05, 3.63) is 65.0 Å². The van der Waals surface area contributed by atoms with Crippen LogP contribution in [0.5, 0.6) is 0 Å². The van der Waals surface area contributed by atoms with Crippen LogP contribution in [-0.4, -0.2) is 51.2 Å². The molecule has 2 heterocycles. The van der Waals surface area contributed by atoms with E-state index in [0.717, 1.165) is 54.8 Å². The molecule has 5 nitrogen and oxygen atoms in total. The largest absolute Gasteiger partial charge is 0.336 e. The lowest BCUT2D eigenvalue weighted by Crippen LogP contribution is -2.39. The number of nitrogens with zero attached hydrogens (tertiary/aromatic N) is 3. The van der Waals surface area contributed by atoms with Gasteiger partial charge in [-0.2, -0.15) is 16.9 Å². The van der Waals surface area contributed by atoms with Crippen LogP contribution >= 0.6 is 11.8 Å². The first-order valence-corrected chi connectivity index (χ1v) is 11.5. The Balaban J connectivity index is 1.52. The minimum atomic E-state index is -0.835. The molecule has 8 heteroatoms. The Labute approximate surface area is 179 Å². The van der Waals surface area contributed by atoms with Gasteiger partial charge in [0.05, 0.1) is 6.54 Å². The zero-order valence-electron chi connectivity index (χ0n) is 16.9. The summed E-state index contributed by atoms with van der Waals surface area (Å²) in [6, 6.07) is 4.30. The summed E-state index contributed by atoms with van der Waals surface area (Å²) in [7, 11) is 0. The fourth-order valence-corrected chi connectivity index (χ4v) is 5.07. The molecule has 1 amide bonds. The Hall–Kier alpha value is -2.19. The minimum Gasteiger partial charge on any atom is -0.336 e. The molecule has 1 fully saturated rings. The van der Waals surface area contributed by atoms with E-state index in [4.69, 9.17) is 0 Å². The lowest BCUT2D eigenvalue weighted by atomic mass is 9.90. The SMILES string of the molecule is C=CCn1nc(C(=O)N2CCSCC2)c2c1CC[C@@H](NCc1cccc(F)c1F)C2. The zero-order valence-corrected chi connectivity index (χ0v) is 17.7. The van der Waals surface area contributed by atoms with Crippen molar-refractivity contribution in [3.63, 3.8) is 0 Å².